The van der Waals surface area contributed by atoms with Gasteiger partial charge in [-0.3, -0.25) is 4.72 Å². The summed E-state index contributed by atoms with van der Waals surface area (Å²) in [6.07, 6.45) is 0.903. The molecule has 0 aliphatic carbocycles. The maximum atomic E-state index is 12.7. The number of benzene rings is 2. The molecular weight excluding hydrogens is 419 g/mol. The fourth-order valence-electron chi connectivity index (χ4n) is 2.77. The highest BCUT2D eigenvalue weighted by Gasteiger charge is 2.24. The zero-order valence-electron chi connectivity index (χ0n) is 13.9. The van der Waals surface area contributed by atoms with Crippen molar-refractivity contribution in [2.75, 3.05) is 24.9 Å². The van der Waals surface area contributed by atoms with Crippen LogP contribution in [0.4, 0.5) is 5.69 Å². The standard InChI is InChI=1S/C17H17Cl3N2O3S/c1-22-8-7-12(10-22)25-16-9-11(5-6-13(16)18)21-26(23,24)17-14(19)3-2-4-15(17)20/h2-6,9,12,21H,7-8,10H2,1H3/t12-/m1/s1. The quantitative estimate of drug-likeness (QED) is 0.749. The molecule has 1 atom stereocenters. The molecule has 1 aliphatic rings. The summed E-state index contributed by atoms with van der Waals surface area (Å²) < 4.78 is 33.7. The van der Waals surface area contributed by atoms with Crippen molar-refractivity contribution < 1.29 is 13.2 Å². The molecular formula is C17H17Cl3N2O3S. The van der Waals surface area contributed by atoms with E-state index in [1.54, 1.807) is 24.3 Å². The molecule has 9 heteroatoms. The van der Waals surface area contributed by atoms with Crippen molar-refractivity contribution >= 4 is 50.5 Å². The number of anilines is 1. The molecule has 3 rings (SSSR count). The molecule has 26 heavy (non-hydrogen) atoms. The Morgan fingerprint density at radius 3 is 2.42 bits per heavy atom. The summed E-state index contributed by atoms with van der Waals surface area (Å²) >= 11 is 18.2. The minimum atomic E-state index is -3.96. The van der Waals surface area contributed by atoms with E-state index in [4.69, 9.17) is 39.5 Å². The molecule has 2 aromatic carbocycles. The number of likely N-dealkylation sites (N-methyl/N-ethyl adjacent to an activating group) is 1. The van der Waals surface area contributed by atoms with Crippen molar-refractivity contribution in [1.29, 1.82) is 0 Å². The fraction of sp³-hybridized carbons (Fsp3) is 0.294. The predicted molar refractivity (Wildman–Crippen MR) is 105 cm³/mol. The second-order valence-electron chi connectivity index (χ2n) is 6.09. The SMILES string of the molecule is CN1CC[C@@H](Oc2cc(NS(=O)(=O)c3c(Cl)cccc3Cl)ccc2Cl)C1. The predicted octanol–water partition coefficient (Wildman–Crippen LogP) is 4.53. The van der Waals surface area contributed by atoms with Gasteiger partial charge in [0.25, 0.3) is 10.0 Å². The van der Waals surface area contributed by atoms with Crippen molar-refractivity contribution in [3.63, 3.8) is 0 Å². The molecule has 0 amide bonds. The summed E-state index contributed by atoms with van der Waals surface area (Å²) in [4.78, 5) is 1.99. The minimum Gasteiger partial charge on any atom is -0.487 e. The summed E-state index contributed by atoms with van der Waals surface area (Å²) in [5.74, 6) is 0.428. The molecule has 0 saturated carbocycles. The third kappa shape index (κ3) is 4.38. The maximum Gasteiger partial charge on any atom is 0.264 e. The molecule has 0 spiro atoms. The maximum absolute atomic E-state index is 12.7. The van der Waals surface area contributed by atoms with Gasteiger partial charge in [-0.1, -0.05) is 40.9 Å². The van der Waals surface area contributed by atoms with E-state index in [9.17, 15) is 8.42 Å². The number of sulfonamides is 1. The van der Waals surface area contributed by atoms with Crippen LogP contribution < -0.4 is 9.46 Å². The van der Waals surface area contributed by atoms with Crippen molar-refractivity contribution in [1.82, 2.24) is 4.90 Å². The van der Waals surface area contributed by atoms with Crippen molar-refractivity contribution in [2.45, 2.75) is 17.4 Å². The van der Waals surface area contributed by atoms with Gasteiger partial charge in [0.2, 0.25) is 0 Å². The Bertz CT molecular complexity index is 901. The van der Waals surface area contributed by atoms with Gasteiger partial charge >= 0.3 is 0 Å². The van der Waals surface area contributed by atoms with Gasteiger partial charge in [0, 0.05) is 19.2 Å². The number of hydrogen-bond acceptors (Lipinski definition) is 4. The van der Waals surface area contributed by atoms with Crippen molar-refractivity contribution in [2.24, 2.45) is 0 Å². The zero-order chi connectivity index (χ0) is 18.9. The lowest BCUT2D eigenvalue weighted by Gasteiger charge is -2.17. The smallest absolute Gasteiger partial charge is 0.264 e. The van der Waals surface area contributed by atoms with Crippen molar-refractivity contribution in [3.8, 4) is 5.75 Å². The van der Waals surface area contributed by atoms with Gasteiger partial charge in [0.05, 0.1) is 20.8 Å². The van der Waals surface area contributed by atoms with Crippen LogP contribution in [0.3, 0.4) is 0 Å². The molecule has 0 bridgehead atoms. The van der Waals surface area contributed by atoms with Crippen LogP contribution in [0.15, 0.2) is 41.3 Å². The average Bonchev–Trinajstić information content (AvgIpc) is 2.95. The number of ether oxygens (including phenoxy) is 1. The van der Waals surface area contributed by atoms with E-state index in [0.717, 1.165) is 19.5 Å². The number of halogens is 3. The molecule has 0 aromatic heterocycles. The first-order valence-electron chi connectivity index (χ1n) is 7.88. The van der Waals surface area contributed by atoms with Crippen LogP contribution in [0.25, 0.3) is 0 Å². The van der Waals surface area contributed by atoms with Gasteiger partial charge in [-0.2, -0.15) is 0 Å². The number of likely N-dealkylation sites (tertiary alicyclic amines) is 1. The Balaban J connectivity index is 1.85. The van der Waals surface area contributed by atoms with Crippen molar-refractivity contribution in [3.05, 3.63) is 51.5 Å². The van der Waals surface area contributed by atoms with E-state index in [0.29, 0.717) is 16.5 Å². The van der Waals surface area contributed by atoms with Crippen LogP contribution in [-0.4, -0.2) is 39.6 Å². The molecule has 1 fully saturated rings. The van der Waals surface area contributed by atoms with E-state index >= 15 is 0 Å². The Labute approximate surface area is 167 Å². The first kappa shape index (κ1) is 19.6. The molecule has 5 nitrogen and oxygen atoms in total. The monoisotopic (exact) mass is 434 g/mol. The van der Waals surface area contributed by atoms with Crippen LogP contribution in [0.5, 0.6) is 5.75 Å². The zero-order valence-corrected chi connectivity index (χ0v) is 17.0. The highest BCUT2D eigenvalue weighted by Crippen LogP contribution is 2.33. The lowest BCUT2D eigenvalue weighted by atomic mass is 10.3. The van der Waals surface area contributed by atoms with E-state index in [1.165, 1.54) is 12.1 Å². The highest BCUT2D eigenvalue weighted by atomic mass is 35.5. The minimum absolute atomic E-state index is 0.0161. The Morgan fingerprint density at radius 1 is 1.12 bits per heavy atom. The second kappa shape index (κ2) is 7.82. The molecule has 1 aliphatic heterocycles. The van der Waals surface area contributed by atoms with Gasteiger partial charge < -0.3 is 9.64 Å². The molecule has 1 N–H and O–H groups in total. The molecule has 1 saturated heterocycles. The van der Waals surface area contributed by atoms with E-state index in [-0.39, 0.29) is 21.0 Å². The summed E-state index contributed by atoms with van der Waals surface area (Å²) in [5.41, 5.74) is 0.312. The Hall–Kier alpha value is -1.18. The molecule has 1 heterocycles. The van der Waals surface area contributed by atoms with Gasteiger partial charge in [-0.05, 0) is 37.7 Å². The van der Waals surface area contributed by atoms with E-state index in [1.807, 2.05) is 7.05 Å². The van der Waals surface area contributed by atoms with Crippen LogP contribution >= 0.6 is 34.8 Å². The lowest BCUT2D eigenvalue weighted by molar-refractivity contribution is 0.208. The van der Waals surface area contributed by atoms with Crippen LogP contribution in [0.2, 0.25) is 15.1 Å². The first-order chi connectivity index (χ1) is 12.3. The second-order valence-corrected chi connectivity index (χ2v) is 8.93. The lowest BCUT2D eigenvalue weighted by Crippen LogP contribution is -2.21. The third-order valence-corrected chi connectivity index (χ3v) is 6.66. The first-order valence-corrected chi connectivity index (χ1v) is 10.5. The van der Waals surface area contributed by atoms with E-state index < -0.39 is 10.0 Å². The topological polar surface area (TPSA) is 58.6 Å². The largest absolute Gasteiger partial charge is 0.487 e. The number of nitrogens with zero attached hydrogens (tertiary/aromatic N) is 1. The number of nitrogens with one attached hydrogen (secondary N) is 1. The highest BCUT2D eigenvalue weighted by molar-refractivity contribution is 7.93. The fourth-order valence-corrected chi connectivity index (χ4v) is 5.13. The third-order valence-electron chi connectivity index (χ3n) is 4.01. The molecule has 140 valence electrons. The summed E-state index contributed by atoms with van der Waals surface area (Å²) in [7, 11) is -1.94. The number of rotatable bonds is 5. The summed E-state index contributed by atoms with van der Waals surface area (Å²) in [6.45, 7) is 1.74. The van der Waals surface area contributed by atoms with Gasteiger partial charge in [0.15, 0.2) is 0 Å². The van der Waals surface area contributed by atoms with Gasteiger partial charge in [0.1, 0.15) is 16.7 Å². The summed E-state index contributed by atoms with van der Waals surface area (Å²) in [6, 6.07) is 9.21. The van der Waals surface area contributed by atoms with Gasteiger partial charge in [-0.15, -0.1) is 0 Å². The van der Waals surface area contributed by atoms with Crippen LogP contribution in [-0.2, 0) is 10.0 Å². The van der Waals surface area contributed by atoms with E-state index in [2.05, 4.69) is 9.62 Å². The molecule has 2 aromatic rings. The Morgan fingerprint density at radius 2 is 1.81 bits per heavy atom. The summed E-state index contributed by atoms with van der Waals surface area (Å²) in [5, 5.41) is 0.507. The molecule has 0 radical (unpaired) electrons. The average molecular weight is 436 g/mol. The number of hydrogen-bond donors (Lipinski definition) is 1. The van der Waals surface area contributed by atoms with Crippen LogP contribution in [0.1, 0.15) is 6.42 Å². The van der Waals surface area contributed by atoms with Gasteiger partial charge in [-0.25, -0.2) is 8.42 Å². The van der Waals surface area contributed by atoms with Crippen LogP contribution in [0, 0.1) is 0 Å². The molecule has 0 unspecified atom stereocenters. The normalized spacial score (nSPS) is 18.1. The Kier molecular flexibility index (Phi) is 5.89.